The Hall–Kier alpha value is -1.09. The van der Waals surface area contributed by atoms with Gasteiger partial charge in [0.05, 0.1) is 0 Å². The Morgan fingerprint density at radius 3 is 2.85 bits per heavy atom. The minimum atomic E-state index is 0.579. The summed E-state index contributed by atoms with van der Waals surface area (Å²) < 4.78 is 0. The van der Waals surface area contributed by atoms with Gasteiger partial charge in [-0.1, -0.05) is 33.3 Å². The second-order valence-corrected chi connectivity index (χ2v) is 6.30. The molecule has 0 spiro atoms. The van der Waals surface area contributed by atoms with Crippen molar-refractivity contribution in [1.82, 2.24) is 9.88 Å². The Labute approximate surface area is 123 Å². The van der Waals surface area contributed by atoms with Crippen LogP contribution in [0.4, 0.5) is 5.82 Å². The molecule has 1 aromatic heterocycles. The summed E-state index contributed by atoms with van der Waals surface area (Å²) in [4.78, 5) is 7.21. The summed E-state index contributed by atoms with van der Waals surface area (Å²) >= 11 is 0. The van der Waals surface area contributed by atoms with Crippen LogP contribution in [0.15, 0.2) is 18.3 Å². The van der Waals surface area contributed by atoms with Crippen LogP contribution in [0, 0.1) is 5.92 Å². The summed E-state index contributed by atoms with van der Waals surface area (Å²) in [5.74, 6) is 1.65. The Kier molecular flexibility index (Phi) is 5.84. The lowest BCUT2D eigenvalue weighted by Crippen LogP contribution is -2.34. The third kappa shape index (κ3) is 4.20. The standard InChI is InChI=1S/C17H29N3/c1-4-10-20-11-6-5-7-16(20)15-8-9-17(19-13-15)18-12-14(2)3/h8-9,13-14,16H,4-7,10-12H2,1-3H3,(H,18,19)/t16-/m1/s1. The molecule has 0 aromatic carbocycles. The predicted molar refractivity (Wildman–Crippen MR) is 86.0 cm³/mol. The summed E-state index contributed by atoms with van der Waals surface area (Å²) in [7, 11) is 0. The van der Waals surface area contributed by atoms with Gasteiger partial charge in [0.25, 0.3) is 0 Å². The second-order valence-electron chi connectivity index (χ2n) is 6.30. The first-order chi connectivity index (χ1) is 9.70. The van der Waals surface area contributed by atoms with E-state index in [2.05, 4.69) is 54.3 Å². The Morgan fingerprint density at radius 1 is 1.35 bits per heavy atom. The molecule has 0 amide bonds. The molecule has 1 aliphatic rings. The van der Waals surface area contributed by atoms with E-state index in [4.69, 9.17) is 0 Å². The molecule has 20 heavy (non-hydrogen) atoms. The van der Waals surface area contributed by atoms with Gasteiger partial charge in [0.1, 0.15) is 5.82 Å². The van der Waals surface area contributed by atoms with Crippen molar-refractivity contribution in [3.05, 3.63) is 23.9 Å². The van der Waals surface area contributed by atoms with Crippen molar-refractivity contribution < 1.29 is 0 Å². The largest absolute Gasteiger partial charge is 0.370 e. The number of hydrogen-bond donors (Lipinski definition) is 1. The number of nitrogens with zero attached hydrogens (tertiary/aromatic N) is 2. The number of piperidine rings is 1. The Morgan fingerprint density at radius 2 is 2.20 bits per heavy atom. The van der Waals surface area contributed by atoms with Gasteiger partial charge >= 0.3 is 0 Å². The van der Waals surface area contributed by atoms with E-state index in [1.54, 1.807) is 0 Å². The Balaban J connectivity index is 2.00. The first kappa shape index (κ1) is 15.3. The van der Waals surface area contributed by atoms with Crippen molar-refractivity contribution in [2.45, 2.75) is 52.5 Å². The average molecular weight is 275 g/mol. The van der Waals surface area contributed by atoms with Crippen molar-refractivity contribution in [2.75, 3.05) is 25.0 Å². The number of likely N-dealkylation sites (tertiary alicyclic amines) is 1. The molecule has 1 aliphatic heterocycles. The lowest BCUT2D eigenvalue weighted by molar-refractivity contribution is 0.149. The zero-order valence-electron chi connectivity index (χ0n) is 13.2. The minimum Gasteiger partial charge on any atom is -0.370 e. The fourth-order valence-corrected chi connectivity index (χ4v) is 2.94. The van der Waals surface area contributed by atoms with E-state index >= 15 is 0 Å². The molecule has 3 heteroatoms. The van der Waals surface area contributed by atoms with E-state index in [1.807, 2.05) is 0 Å². The van der Waals surface area contributed by atoms with Crippen molar-refractivity contribution in [1.29, 1.82) is 0 Å². The maximum absolute atomic E-state index is 4.58. The molecule has 0 bridgehead atoms. The first-order valence-corrected chi connectivity index (χ1v) is 8.14. The van der Waals surface area contributed by atoms with Gasteiger partial charge in [-0.15, -0.1) is 0 Å². The topological polar surface area (TPSA) is 28.2 Å². The molecule has 1 fully saturated rings. The van der Waals surface area contributed by atoms with E-state index in [0.717, 1.165) is 12.4 Å². The van der Waals surface area contributed by atoms with Crippen LogP contribution in [-0.4, -0.2) is 29.5 Å². The van der Waals surface area contributed by atoms with Gasteiger partial charge in [-0.2, -0.15) is 0 Å². The quantitative estimate of drug-likeness (QED) is 0.847. The van der Waals surface area contributed by atoms with E-state index < -0.39 is 0 Å². The van der Waals surface area contributed by atoms with Gasteiger partial charge in [-0.3, -0.25) is 4.90 Å². The maximum atomic E-state index is 4.58. The summed E-state index contributed by atoms with van der Waals surface area (Å²) in [6.45, 7) is 10.1. The average Bonchev–Trinajstić information content (AvgIpc) is 2.47. The fraction of sp³-hybridized carbons (Fsp3) is 0.706. The van der Waals surface area contributed by atoms with Crippen LogP contribution in [0.5, 0.6) is 0 Å². The van der Waals surface area contributed by atoms with Crippen LogP contribution in [0.3, 0.4) is 0 Å². The minimum absolute atomic E-state index is 0.579. The van der Waals surface area contributed by atoms with Crippen LogP contribution in [0.1, 0.15) is 58.1 Å². The smallest absolute Gasteiger partial charge is 0.125 e. The molecular weight excluding hydrogens is 246 g/mol. The van der Waals surface area contributed by atoms with Gasteiger partial charge in [-0.05, 0) is 49.9 Å². The highest BCUT2D eigenvalue weighted by Crippen LogP contribution is 2.30. The highest BCUT2D eigenvalue weighted by molar-refractivity contribution is 5.36. The summed E-state index contributed by atoms with van der Waals surface area (Å²) in [5, 5.41) is 3.39. The van der Waals surface area contributed by atoms with Gasteiger partial charge in [-0.25, -0.2) is 4.98 Å². The molecule has 0 unspecified atom stereocenters. The zero-order valence-corrected chi connectivity index (χ0v) is 13.2. The monoisotopic (exact) mass is 275 g/mol. The zero-order chi connectivity index (χ0) is 14.4. The summed E-state index contributed by atoms with van der Waals surface area (Å²) in [6, 6.07) is 4.97. The SMILES string of the molecule is CCCN1CCCC[C@@H]1c1ccc(NCC(C)C)nc1. The number of pyridine rings is 1. The molecule has 112 valence electrons. The number of anilines is 1. The van der Waals surface area contributed by atoms with Crippen molar-refractivity contribution >= 4 is 5.82 Å². The lowest BCUT2D eigenvalue weighted by Gasteiger charge is -2.35. The molecule has 1 saturated heterocycles. The van der Waals surface area contributed by atoms with Gasteiger partial charge < -0.3 is 5.32 Å². The molecule has 0 aliphatic carbocycles. The van der Waals surface area contributed by atoms with Crippen molar-refractivity contribution in [3.63, 3.8) is 0 Å². The van der Waals surface area contributed by atoms with Gasteiger partial charge in [0.15, 0.2) is 0 Å². The van der Waals surface area contributed by atoms with E-state index in [0.29, 0.717) is 12.0 Å². The van der Waals surface area contributed by atoms with Crippen LogP contribution in [0.2, 0.25) is 0 Å². The number of hydrogen-bond acceptors (Lipinski definition) is 3. The van der Waals surface area contributed by atoms with E-state index in [9.17, 15) is 0 Å². The van der Waals surface area contributed by atoms with Crippen molar-refractivity contribution in [2.24, 2.45) is 5.92 Å². The number of aromatic nitrogens is 1. The lowest BCUT2D eigenvalue weighted by atomic mass is 9.96. The van der Waals surface area contributed by atoms with E-state index in [-0.39, 0.29) is 0 Å². The van der Waals surface area contributed by atoms with Gasteiger partial charge in [0, 0.05) is 18.8 Å². The first-order valence-electron chi connectivity index (χ1n) is 8.14. The maximum Gasteiger partial charge on any atom is 0.125 e. The van der Waals surface area contributed by atoms with Crippen LogP contribution >= 0.6 is 0 Å². The van der Waals surface area contributed by atoms with Gasteiger partial charge in [0.2, 0.25) is 0 Å². The van der Waals surface area contributed by atoms with E-state index in [1.165, 1.54) is 44.3 Å². The normalized spacial score (nSPS) is 20.3. The fourth-order valence-electron chi connectivity index (χ4n) is 2.94. The predicted octanol–water partition coefficient (Wildman–Crippen LogP) is 4.09. The molecule has 0 saturated carbocycles. The highest BCUT2D eigenvalue weighted by Gasteiger charge is 2.23. The second kappa shape index (κ2) is 7.63. The summed E-state index contributed by atoms with van der Waals surface area (Å²) in [6.07, 6.45) is 7.27. The molecule has 1 aromatic rings. The Bertz CT molecular complexity index is 384. The molecule has 3 nitrogen and oxygen atoms in total. The molecule has 0 radical (unpaired) electrons. The molecule has 2 heterocycles. The molecule has 2 rings (SSSR count). The number of rotatable bonds is 6. The summed E-state index contributed by atoms with van der Waals surface area (Å²) in [5.41, 5.74) is 1.38. The van der Waals surface area contributed by atoms with Crippen molar-refractivity contribution in [3.8, 4) is 0 Å². The number of nitrogens with one attached hydrogen (secondary N) is 1. The molecule has 1 atom stereocenters. The third-order valence-corrected chi connectivity index (χ3v) is 3.99. The van der Waals surface area contributed by atoms with Crippen LogP contribution in [-0.2, 0) is 0 Å². The molecular formula is C17H29N3. The van der Waals surface area contributed by atoms with Crippen LogP contribution < -0.4 is 5.32 Å². The highest BCUT2D eigenvalue weighted by atomic mass is 15.2. The van der Waals surface area contributed by atoms with Crippen LogP contribution in [0.25, 0.3) is 0 Å². The molecule has 1 N–H and O–H groups in total. The third-order valence-electron chi connectivity index (χ3n) is 3.99.